The van der Waals surface area contributed by atoms with Gasteiger partial charge in [0.2, 0.25) is 17.8 Å². The molecule has 4 aromatic rings. The van der Waals surface area contributed by atoms with Crippen LogP contribution in [-0.4, -0.2) is 35.1 Å². The fraction of sp³-hybridized carbons (Fsp3) is 0.364. The molecule has 1 aromatic heterocycles. The molecule has 9 nitrogen and oxygen atoms in total. The van der Waals surface area contributed by atoms with Crippen molar-refractivity contribution >= 4 is 17.8 Å². The number of anilines is 3. The van der Waals surface area contributed by atoms with Crippen molar-refractivity contribution in [2.45, 2.75) is 59.7 Å². The van der Waals surface area contributed by atoms with Gasteiger partial charge in [0.05, 0.1) is 19.6 Å². The van der Waals surface area contributed by atoms with Crippen LogP contribution in [0.15, 0.2) is 54.6 Å². The highest BCUT2D eigenvalue weighted by molar-refractivity contribution is 5.52. The van der Waals surface area contributed by atoms with E-state index in [1.807, 2.05) is 0 Å². The van der Waals surface area contributed by atoms with Crippen molar-refractivity contribution in [1.82, 2.24) is 15.0 Å². The zero-order valence-electron chi connectivity index (χ0n) is 24.5. The lowest BCUT2D eigenvalue weighted by atomic mass is 10.1. The number of nitrogens with zero attached hydrogens (tertiary/aromatic N) is 6. The number of fused-ring (bicyclic) bond motifs is 3. The molecule has 3 aromatic carbocycles. The Morgan fingerprint density at radius 2 is 0.810 bits per heavy atom. The first-order chi connectivity index (χ1) is 20.6. The third-order valence-corrected chi connectivity index (χ3v) is 8.26. The summed E-state index contributed by atoms with van der Waals surface area (Å²) in [6.45, 7) is 9.55. The maximum absolute atomic E-state index is 6.15. The van der Waals surface area contributed by atoms with E-state index in [0.29, 0.717) is 57.7 Å². The average molecular weight is 565 g/mol. The van der Waals surface area contributed by atoms with E-state index < -0.39 is 0 Å². The molecule has 0 radical (unpaired) electrons. The molecule has 42 heavy (non-hydrogen) atoms. The van der Waals surface area contributed by atoms with Crippen molar-refractivity contribution in [1.29, 1.82) is 0 Å². The third kappa shape index (κ3) is 5.04. The summed E-state index contributed by atoms with van der Waals surface area (Å²) in [5.41, 5.74) is 7.24. The first kappa shape index (κ1) is 26.4. The van der Waals surface area contributed by atoms with Gasteiger partial charge in [0.1, 0.15) is 17.2 Å². The van der Waals surface area contributed by atoms with Gasteiger partial charge in [-0.15, -0.1) is 0 Å². The Morgan fingerprint density at radius 3 is 1.10 bits per heavy atom. The van der Waals surface area contributed by atoms with Crippen molar-refractivity contribution in [3.8, 4) is 17.2 Å². The lowest BCUT2D eigenvalue weighted by molar-refractivity contribution is 0.280. The second kappa shape index (κ2) is 11.0. The van der Waals surface area contributed by atoms with Gasteiger partial charge in [-0.05, 0) is 54.2 Å². The van der Waals surface area contributed by atoms with E-state index in [0.717, 1.165) is 53.2 Å². The molecular formula is C33H36N6O3. The van der Waals surface area contributed by atoms with E-state index in [4.69, 9.17) is 29.2 Å². The van der Waals surface area contributed by atoms with Crippen molar-refractivity contribution in [2.24, 2.45) is 0 Å². The Balaban J connectivity index is 1.24. The molecule has 0 saturated heterocycles. The highest BCUT2D eigenvalue weighted by atomic mass is 16.5. The number of aryl methyl sites for hydroxylation is 3. The highest BCUT2D eigenvalue weighted by Crippen LogP contribution is 2.34. The molecule has 4 heterocycles. The summed E-state index contributed by atoms with van der Waals surface area (Å²) in [6, 6.07) is 19.2. The molecule has 0 saturated carbocycles. The van der Waals surface area contributed by atoms with Crippen LogP contribution in [0.4, 0.5) is 17.8 Å². The summed E-state index contributed by atoms with van der Waals surface area (Å²) in [5, 5.41) is 0. The molecule has 0 aliphatic carbocycles. The van der Waals surface area contributed by atoms with E-state index in [-0.39, 0.29) is 0 Å². The summed E-state index contributed by atoms with van der Waals surface area (Å²) < 4.78 is 18.5. The predicted octanol–water partition coefficient (Wildman–Crippen LogP) is 5.63. The molecule has 9 heteroatoms. The van der Waals surface area contributed by atoms with E-state index in [2.05, 4.69) is 90.1 Å². The van der Waals surface area contributed by atoms with Gasteiger partial charge < -0.3 is 28.9 Å². The first-order valence-corrected chi connectivity index (χ1v) is 14.8. The molecule has 3 aliphatic rings. The van der Waals surface area contributed by atoms with Gasteiger partial charge in [0.15, 0.2) is 20.2 Å². The highest BCUT2D eigenvalue weighted by Gasteiger charge is 2.28. The molecule has 0 bridgehead atoms. The van der Waals surface area contributed by atoms with Crippen molar-refractivity contribution in [2.75, 3.05) is 34.9 Å². The Bertz CT molecular complexity index is 1420. The van der Waals surface area contributed by atoms with E-state index >= 15 is 0 Å². The monoisotopic (exact) mass is 564 g/mol. The minimum atomic E-state index is 0.361. The summed E-state index contributed by atoms with van der Waals surface area (Å²) >= 11 is 0. The topological polar surface area (TPSA) is 76.1 Å². The minimum absolute atomic E-state index is 0.361. The molecule has 216 valence electrons. The SMILES string of the molecule is CCc1ccc2c(c1)CN(c1nc(N3COc4ccc(CC)cc4C3)nc(N3COc4ccc(CC)cc4C3)n1)CO2. The minimum Gasteiger partial charge on any atom is -0.473 e. The third-order valence-electron chi connectivity index (χ3n) is 8.26. The van der Waals surface area contributed by atoms with Gasteiger partial charge in [-0.1, -0.05) is 57.2 Å². The summed E-state index contributed by atoms with van der Waals surface area (Å²) in [5.74, 6) is 4.46. The molecule has 0 unspecified atom stereocenters. The van der Waals surface area contributed by atoms with E-state index in [1.54, 1.807) is 0 Å². The van der Waals surface area contributed by atoms with Gasteiger partial charge in [-0.3, -0.25) is 0 Å². The van der Waals surface area contributed by atoms with Crippen LogP contribution in [0.1, 0.15) is 54.2 Å². The number of hydrogen-bond acceptors (Lipinski definition) is 9. The average Bonchev–Trinajstić information content (AvgIpc) is 3.06. The molecule has 0 spiro atoms. The Hall–Kier alpha value is -4.53. The van der Waals surface area contributed by atoms with Gasteiger partial charge >= 0.3 is 0 Å². The second-order valence-corrected chi connectivity index (χ2v) is 11.0. The van der Waals surface area contributed by atoms with E-state index in [1.165, 1.54) is 16.7 Å². The first-order valence-electron chi connectivity index (χ1n) is 14.8. The summed E-state index contributed by atoms with van der Waals surface area (Å²) in [6.07, 6.45) is 2.92. The predicted molar refractivity (Wildman–Crippen MR) is 162 cm³/mol. The molecule has 7 rings (SSSR count). The largest absolute Gasteiger partial charge is 0.473 e. The fourth-order valence-corrected chi connectivity index (χ4v) is 5.70. The Kier molecular flexibility index (Phi) is 6.93. The van der Waals surface area contributed by atoms with Crippen LogP contribution >= 0.6 is 0 Å². The zero-order chi connectivity index (χ0) is 28.6. The summed E-state index contributed by atoms with van der Waals surface area (Å²) in [7, 11) is 0. The standard InChI is InChI=1S/C33H36N6O3/c1-4-22-7-10-28-25(13-22)16-37(19-40-28)31-34-32(38-17-26-14-23(5-2)8-11-29(26)41-20-38)36-33(35-31)39-18-27-15-24(6-3)9-12-30(27)42-21-39/h7-15H,4-6,16-21H2,1-3H3. The van der Waals surface area contributed by atoms with Crippen molar-refractivity contribution < 1.29 is 14.2 Å². The molecule has 0 fully saturated rings. The lowest BCUT2D eigenvalue weighted by Gasteiger charge is -2.34. The zero-order valence-corrected chi connectivity index (χ0v) is 24.5. The fourth-order valence-electron chi connectivity index (χ4n) is 5.70. The van der Waals surface area contributed by atoms with Gasteiger partial charge in [-0.2, -0.15) is 15.0 Å². The lowest BCUT2D eigenvalue weighted by Crippen LogP contribution is -2.38. The molecule has 3 aliphatic heterocycles. The second-order valence-electron chi connectivity index (χ2n) is 11.0. The number of aromatic nitrogens is 3. The molecular weight excluding hydrogens is 528 g/mol. The molecule has 0 atom stereocenters. The van der Waals surface area contributed by atoms with Gasteiger partial charge in [-0.25, -0.2) is 0 Å². The van der Waals surface area contributed by atoms with Crippen LogP contribution in [0.2, 0.25) is 0 Å². The number of ether oxygens (including phenoxy) is 3. The number of hydrogen-bond donors (Lipinski definition) is 0. The normalized spacial score (nSPS) is 15.6. The maximum Gasteiger partial charge on any atom is 0.234 e. The number of benzene rings is 3. The van der Waals surface area contributed by atoms with Gasteiger partial charge in [0, 0.05) is 16.7 Å². The van der Waals surface area contributed by atoms with Crippen LogP contribution in [-0.2, 0) is 38.9 Å². The Labute approximate surface area is 246 Å². The molecule has 0 amide bonds. The van der Waals surface area contributed by atoms with Crippen LogP contribution in [0.3, 0.4) is 0 Å². The smallest absolute Gasteiger partial charge is 0.234 e. The Morgan fingerprint density at radius 1 is 0.500 bits per heavy atom. The van der Waals surface area contributed by atoms with Crippen molar-refractivity contribution in [3.05, 3.63) is 88.0 Å². The van der Waals surface area contributed by atoms with Crippen molar-refractivity contribution in [3.63, 3.8) is 0 Å². The molecule has 0 N–H and O–H groups in total. The quantitative estimate of drug-likeness (QED) is 0.296. The maximum atomic E-state index is 6.15. The van der Waals surface area contributed by atoms with Crippen LogP contribution in [0.25, 0.3) is 0 Å². The van der Waals surface area contributed by atoms with E-state index in [9.17, 15) is 0 Å². The van der Waals surface area contributed by atoms with Crippen LogP contribution in [0, 0.1) is 0 Å². The summed E-state index contributed by atoms with van der Waals surface area (Å²) in [4.78, 5) is 21.1. The number of rotatable bonds is 6. The van der Waals surface area contributed by atoms with Crippen LogP contribution in [0.5, 0.6) is 17.2 Å². The van der Waals surface area contributed by atoms with Gasteiger partial charge in [0.25, 0.3) is 0 Å². The van der Waals surface area contributed by atoms with Crippen LogP contribution < -0.4 is 28.9 Å².